The van der Waals surface area contributed by atoms with E-state index < -0.39 is 97.5 Å². The van der Waals surface area contributed by atoms with E-state index in [1.54, 1.807) is 0 Å². The van der Waals surface area contributed by atoms with Gasteiger partial charge in [0.1, 0.15) is 19.3 Å². The molecule has 0 aromatic carbocycles. The number of phosphoric ester groups is 2. The van der Waals surface area contributed by atoms with Crippen LogP contribution in [-0.4, -0.2) is 96.7 Å². The minimum Gasteiger partial charge on any atom is -0.462 e. The second kappa shape index (κ2) is 61.3. The van der Waals surface area contributed by atoms with Crippen molar-refractivity contribution in [3.05, 3.63) is 0 Å². The van der Waals surface area contributed by atoms with Crippen LogP contribution in [0.3, 0.4) is 0 Å². The number of aliphatic hydroxyl groups is 1. The van der Waals surface area contributed by atoms with Gasteiger partial charge in [0.05, 0.1) is 26.4 Å². The third-order valence-corrected chi connectivity index (χ3v) is 17.9. The summed E-state index contributed by atoms with van der Waals surface area (Å²) >= 11 is 0. The molecule has 5 atom stereocenters. The van der Waals surface area contributed by atoms with Gasteiger partial charge in [-0.2, -0.15) is 0 Å². The lowest BCUT2D eigenvalue weighted by atomic mass is 10.0. The van der Waals surface area contributed by atoms with Crippen molar-refractivity contribution in [2.45, 2.75) is 368 Å². The highest BCUT2D eigenvalue weighted by Gasteiger charge is 2.30. The van der Waals surface area contributed by atoms with Crippen LogP contribution in [0.4, 0.5) is 0 Å². The van der Waals surface area contributed by atoms with Crippen molar-refractivity contribution in [1.29, 1.82) is 0 Å². The Morgan fingerprint density at radius 1 is 0.307 bits per heavy atom. The lowest BCUT2D eigenvalue weighted by Crippen LogP contribution is -2.30. The van der Waals surface area contributed by atoms with Crippen LogP contribution in [0.5, 0.6) is 0 Å². The number of unbranched alkanes of at least 4 members (excludes halogenated alkanes) is 38. The molecule has 0 radical (unpaired) electrons. The number of hydrogen-bond acceptors (Lipinski definition) is 15. The van der Waals surface area contributed by atoms with Gasteiger partial charge >= 0.3 is 39.5 Å². The van der Waals surface area contributed by atoms with Gasteiger partial charge in [0.2, 0.25) is 0 Å². The summed E-state index contributed by atoms with van der Waals surface area (Å²) in [5.74, 6) is -0.614. The quantitative estimate of drug-likeness (QED) is 0.0222. The number of aliphatic hydroxyl groups excluding tert-OH is 1. The molecule has 522 valence electrons. The molecule has 0 saturated carbocycles. The second-order valence-corrected chi connectivity index (χ2v) is 28.8. The Morgan fingerprint density at radius 2 is 0.523 bits per heavy atom. The third kappa shape index (κ3) is 62.8. The molecule has 19 heteroatoms. The highest BCUT2D eigenvalue weighted by atomic mass is 31.2. The van der Waals surface area contributed by atoms with Crippen molar-refractivity contribution in [3.63, 3.8) is 0 Å². The van der Waals surface area contributed by atoms with Gasteiger partial charge in [-0.25, -0.2) is 9.13 Å². The van der Waals surface area contributed by atoms with E-state index in [1.807, 2.05) is 0 Å². The van der Waals surface area contributed by atoms with Crippen molar-refractivity contribution in [1.82, 2.24) is 0 Å². The summed E-state index contributed by atoms with van der Waals surface area (Å²) in [5.41, 5.74) is 0. The average molecular weight is 1300 g/mol. The minimum atomic E-state index is -4.95. The Labute approximate surface area is 537 Å². The zero-order chi connectivity index (χ0) is 65.0. The Hall–Kier alpha value is -1.94. The van der Waals surface area contributed by atoms with Crippen LogP contribution >= 0.6 is 15.6 Å². The standard InChI is InChI=1S/C69H134O17P2/c1-7-9-11-13-15-17-19-27-33-39-45-51-66(71)79-57-64(85-68(73)53-47-41-35-29-20-18-16-14-12-10-8-2)59-83-87(75,76)81-55-63(70)56-82-88(77,78)84-60-65(86-69(74)54-48-42-36-30-24-22-26-32-38-44-50-62(5)6)58-80-67(72)52-46-40-34-28-23-21-25-31-37-43-49-61(3)4/h61-65,70H,7-60H2,1-6H3,(H,75,76)(H,77,78)/t63-,64+,65+/m0/s1. The first-order valence-electron chi connectivity index (χ1n) is 36.0. The molecule has 0 aliphatic rings. The van der Waals surface area contributed by atoms with Crippen molar-refractivity contribution in [2.75, 3.05) is 39.6 Å². The van der Waals surface area contributed by atoms with Crippen molar-refractivity contribution in [3.8, 4) is 0 Å². The maximum absolute atomic E-state index is 13.0. The topological polar surface area (TPSA) is 237 Å². The average Bonchev–Trinajstić information content (AvgIpc) is 3.67. The Kier molecular flexibility index (Phi) is 59.9. The zero-order valence-electron chi connectivity index (χ0n) is 57.0. The molecule has 0 bridgehead atoms. The third-order valence-electron chi connectivity index (χ3n) is 16.0. The van der Waals surface area contributed by atoms with E-state index in [0.29, 0.717) is 25.7 Å². The van der Waals surface area contributed by atoms with E-state index in [1.165, 1.54) is 167 Å². The van der Waals surface area contributed by atoms with Crippen LogP contribution in [0.15, 0.2) is 0 Å². The fourth-order valence-electron chi connectivity index (χ4n) is 10.4. The molecule has 0 spiro atoms. The molecule has 0 aliphatic heterocycles. The number of carbonyl (C=O) groups excluding carboxylic acids is 4. The lowest BCUT2D eigenvalue weighted by molar-refractivity contribution is -0.161. The van der Waals surface area contributed by atoms with Gasteiger partial charge in [-0.05, 0) is 37.5 Å². The molecule has 0 saturated heterocycles. The molecule has 3 N–H and O–H groups in total. The molecule has 2 unspecified atom stereocenters. The van der Waals surface area contributed by atoms with Gasteiger partial charge in [-0.3, -0.25) is 37.3 Å². The first-order valence-corrected chi connectivity index (χ1v) is 39.0. The number of rotatable bonds is 68. The number of hydrogen-bond donors (Lipinski definition) is 3. The number of phosphoric acid groups is 2. The molecule has 0 heterocycles. The van der Waals surface area contributed by atoms with Crippen LogP contribution in [0, 0.1) is 11.8 Å². The fraction of sp³-hybridized carbons (Fsp3) is 0.942. The number of carbonyl (C=O) groups is 4. The summed E-state index contributed by atoms with van der Waals surface area (Å²) in [6, 6.07) is 0. The maximum atomic E-state index is 13.0. The van der Waals surface area contributed by atoms with Gasteiger partial charge in [-0.15, -0.1) is 0 Å². The van der Waals surface area contributed by atoms with Crippen LogP contribution in [0.25, 0.3) is 0 Å². The van der Waals surface area contributed by atoms with E-state index in [4.69, 9.17) is 37.0 Å². The molecule has 88 heavy (non-hydrogen) atoms. The minimum absolute atomic E-state index is 0.106. The molecule has 0 rings (SSSR count). The van der Waals surface area contributed by atoms with Gasteiger partial charge in [0.15, 0.2) is 12.2 Å². The zero-order valence-corrected chi connectivity index (χ0v) is 58.8. The number of esters is 4. The maximum Gasteiger partial charge on any atom is 0.472 e. The van der Waals surface area contributed by atoms with Crippen LogP contribution in [0.2, 0.25) is 0 Å². The molecular formula is C69H134O17P2. The molecule has 0 amide bonds. The molecule has 0 fully saturated rings. The fourth-order valence-corrected chi connectivity index (χ4v) is 12.0. The lowest BCUT2D eigenvalue weighted by Gasteiger charge is -2.21. The van der Waals surface area contributed by atoms with E-state index in [-0.39, 0.29) is 25.7 Å². The number of ether oxygens (including phenoxy) is 4. The Balaban J connectivity index is 5.25. The predicted octanol–water partition coefficient (Wildman–Crippen LogP) is 19.6. The molecule has 0 aliphatic carbocycles. The summed E-state index contributed by atoms with van der Waals surface area (Å²) < 4.78 is 68.2. The largest absolute Gasteiger partial charge is 0.472 e. The van der Waals surface area contributed by atoms with Crippen molar-refractivity contribution < 1.29 is 80.2 Å². The van der Waals surface area contributed by atoms with Gasteiger partial charge < -0.3 is 33.8 Å². The van der Waals surface area contributed by atoms with E-state index >= 15 is 0 Å². The summed E-state index contributed by atoms with van der Waals surface area (Å²) in [6.07, 6.45) is 45.6. The van der Waals surface area contributed by atoms with E-state index in [0.717, 1.165) is 102 Å². The van der Waals surface area contributed by atoms with Crippen LogP contribution < -0.4 is 0 Å². The SMILES string of the molecule is CCCCCCCCCCCCCC(=O)OC[C@H](COP(=O)(O)OC[C@H](O)COP(=O)(O)OC[C@@H](COC(=O)CCCCCCCCCCCCC(C)C)OC(=O)CCCCCCCCCCCCC(C)C)OC(=O)CCCCCCCCCCCCC. The highest BCUT2D eigenvalue weighted by Crippen LogP contribution is 2.45. The molecule has 0 aromatic heterocycles. The van der Waals surface area contributed by atoms with Gasteiger partial charge in [0.25, 0.3) is 0 Å². The second-order valence-electron chi connectivity index (χ2n) is 25.9. The molecule has 17 nitrogen and oxygen atoms in total. The first-order chi connectivity index (χ1) is 42.4. The van der Waals surface area contributed by atoms with Gasteiger partial charge in [-0.1, -0.05) is 298 Å². The predicted molar refractivity (Wildman–Crippen MR) is 354 cm³/mol. The van der Waals surface area contributed by atoms with Gasteiger partial charge in [0, 0.05) is 25.7 Å². The molecule has 0 aromatic rings. The Morgan fingerprint density at radius 3 is 0.773 bits per heavy atom. The smallest absolute Gasteiger partial charge is 0.462 e. The van der Waals surface area contributed by atoms with E-state index in [9.17, 15) is 43.2 Å². The van der Waals surface area contributed by atoms with Crippen molar-refractivity contribution in [2.24, 2.45) is 11.8 Å². The summed E-state index contributed by atoms with van der Waals surface area (Å²) in [7, 11) is -9.90. The monoisotopic (exact) mass is 1300 g/mol. The summed E-state index contributed by atoms with van der Waals surface area (Å²) in [6.45, 7) is 9.52. The summed E-state index contributed by atoms with van der Waals surface area (Å²) in [4.78, 5) is 72.5. The van der Waals surface area contributed by atoms with Crippen LogP contribution in [-0.2, 0) is 65.4 Å². The summed E-state index contributed by atoms with van der Waals surface area (Å²) in [5, 5.41) is 10.6. The van der Waals surface area contributed by atoms with E-state index in [2.05, 4.69) is 41.5 Å². The normalized spacial score (nSPS) is 14.2. The molecular weight excluding hydrogens is 1160 g/mol. The first kappa shape index (κ1) is 86.1. The highest BCUT2D eigenvalue weighted by molar-refractivity contribution is 7.47. The Bertz CT molecular complexity index is 1720. The van der Waals surface area contributed by atoms with Crippen molar-refractivity contribution >= 4 is 39.5 Å². The van der Waals surface area contributed by atoms with Crippen LogP contribution in [0.1, 0.15) is 350 Å².